The summed E-state index contributed by atoms with van der Waals surface area (Å²) < 4.78 is 0. The summed E-state index contributed by atoms with van der Waals surface area (Å²) >= 11 is 6.13. The topological polar surface area (TPSA) is 85.9 Å². The normalized spacial score (nSPS) is 16.9. The molecule has 28 heavy (non-hydrogen) atoms. The Kier molecular flexibility index (Phi) is 5.34. The molecule has 1 aliphatic heterocycles. The van der Waals surface area contributed by atoms with E-state index in [-0.39, 0.29) is 18.5 Å². The molecule has 1 amide bonds. The van der Waals surface area contributed by atoms with Gasteiger partial charge in [-0.2, -0.15) is 0 Å². The quantitative estimate of drug-likeness (QED) is 0.614. The molecule has 1 aliphatic rings. The molecule has 3 aromatic rings. The molecular weight excluding hydrogens is 376 g/mol. The van der Waals surface area contributed by atoms with Crippen molar-refractivity contribution >= 4 is 40.0 Å². The fourth-order valence-corrected chi connectivity index (χ4v) is 3.74. The van der Waals surface area contributed by atoms with Gasteiger partial charge in [0, 0.05) is 36.0 Å². The number of anilines is 2. The van der Waals surface area contributed by atoms with Crippen molar-refractivity contribution in [1.29, 1.82) is 0 Å². The third-order valence-corrected chi connectivity index (χ3v) is 5.45. The number of H-pyrrole nitrogens is 1. The Morgan fingerprint density at radius 1 is 1.36 bits per heavy atom. The van der Waals surface area contributed by atoms with E-state index in [1.165, 1.54) is 0 Å². The second kappa shape index (κ2) is 8.06. The zero-order chi connectivity index (χ0) is 19.5. The van der Waals surface area contributed by atoms with Crippen LogP contribution >= 0.6 is 11.6 Å². The van der Waals surface area contributed by atoms with E-state index in [2.05, 4.69) is 30.5 Å². The van der Waals surface area contributed by atoms with E-state index in [0.29, 0.717) is 5.02 Å². The fraction of sp³-hybridized carbons (Fsp3) is 0.350. The molecule has 1 atom stereocenters. The molecule has 7 nitrogen and oxygen atoms in total. The van der Waals surface area contributed by atoms with Crippen LogP contribution in [0.25, 0.3) is 11.0 Å². The van der Waals surface area contributed by atoms with Crippen LogP contribution in [0, 0.1) is 6.92 Å². The number of aromatic nitrogens is 3. The Labute approximate surface area is 168 Å². The summed E-state index contributed by atoms with van der Waals surface area (Å²) in [6.07, 6.45) is 5.41. The van der Waals surface area contributed by atoms with Gasteiger partial charge in [0.2, 0.25) is 5.91 Å². The number of fused-ring (bicyclic) bond motifs is 1. The zero-order valence-corrected chi connectivity index (χ0v) is 16.5. The van der Waals surface area contributed by atoms with Crippen LogP contribution in [0.3, 0.4) is 0 Å². The SMILES string of the molecule is Cc1ccc(NCC(=O)N[C@@H]2CCCN(c3ncnc4[nH]ccc34)C2)cc1Cl. The van der Waals surface area contributed by atoms with Crippen molar-refractivity contribution in [1.82, 2.24) is 20.3 Å². The van der Waals surface area contributed by atoms with Crippen molar-refractivity contribution in [2.24, 2.45) is 0 Å². The minimum atomic E-state index is -0.0296. The number of aryl methyl sites for hydroxylation is 1. The molecule has 2 aromatic heterocycles. The number of hydrogen-bond acceptors (Lipinski definition) is 5. The van der Waals surface area contributed by atoms with Crippen LogP contribution in [0.15, 0.2) is 36.8 Å². The van der Waals surface area contributed by atoms with Gasteiger partial charge < -0.3 is 20.5 Å². The molecular formula is C20H23ClN6O. The second-order valence-electron chi connectivity index (χ2n) is 7.11. The molecule has 1 fully saturated rings. The number of nitrogens with one attached hydrogen (secondary N) is 3. The average molecular weight is 399 g/mol. The number of benzene rings is 1. The molecule has 0 bridgehead atoms. The molecule has 0 unspecified atom stereocenters. The smallest absolute Gasteiger partial charge is 0.239 e. The minimum absolute atomic E-state index is 0.0296. The monoisotopic (exact) mass is 398 g/mol. The van der Waals surface area contributed by atoms with Gasteiger partial charge >= 0.3 is 0 Å². The highest BCUT2D eigenvalue weighted by molar-refractivity contribution is 6.31. The van der Waals surface area contributed by atoms with Crippen molar-refractivity contribution < 1.29 is 4.79 Å². The van der Waals surface area contributed by atoms with Gasteiger partial charge in [0.1, 0.15) is 17.8 Å². The van der Waals surface area contributed by atoms with Crippen molar-refractivity contribution in [3.63, 3.8) is 0 Å². The predicted octanol–water partition coefficient (Wildman–Crippen LogP) is 3.12. The number of carbonyl (C=O) groups excluding carboxylic acids is 1. The van der Waals surface area contributed by atoms with E-state index in [0.717, 1.165) is 54.0 Å². The first-order valence-corrected chi connectivity index (χ1v) is 9.80. The molecule has 0 spiro atoms. The molecule has 3 N–H and O–H groups in total. The van der Waals surface area contributed by atoms with Gasteiger partial charge in [0.25, 0.3) is 0 Å². The van der Waals surface area contributed by atoms with Crippen molar-refractivity contribution in [3.8, 4) is 0 Å². The maximum atomic E-state index is 12.4. The van der Waals surface area contributed by atoms with E-state index < -0.39 is 0 Å². The van der Waals surface area contributed by atoms with Gasteiger partial charge in [-0.3, -0.25) is 4.79 Å². The van der Waals surface area contributed by atoms with Gasteiger partial charge in [-0.15, -0.1) is 0 Å². The van der Waals surface area contributed by atoms with E-state index in [1.54, 1.807) is 6.33 Å². The summed E-state index contributed by atoms with van der Waals surface area (Å²) in [5, 5.41) is 7.96. The first kappa shape index (κ1) is 18.6. The van der Waals surface area contributed by atoms with Gasteiger partial charge in [-0.1, -0.05) is 17.7 Å². The van der Waals surface area contributed by atoms with Gasteiger partial charge in [-0.25, -0.2) is 9.97 Å². The minimum Gasteiger partial charge on any atom is -0.376 e. The molecule has 8 heteroatoms. The Morgan fingerprint density at radius 2 is 2.25 bits per heavy atom. The summed E-state index contributed by atoms with van der Waals surface area (Å²) in [5.74, 6) is 0.885. The number of aromatic amines is 1. The Balaban J connectivity index is 1.35. The maximum absolute atomic E-state index is 12.4. The van der Waals surface area contributed by atoms with Crippen LogP contribution in [-0.4, -0.2) is 46.5 Å². The number of carbonyl (C=O) groups is 1. The largest absolute Gasteiger partial charge is 0.376 e. The molecule has 0 aliphatic carbocycles. The number of piperidine rings is 1. The summed E-state index contributed by atoms with van der Waals surface area (Å²) in [6.45, 7) is 3.82. The molecule has 1 saturated heterocycles. The highest BCUT2D eigenvalue weighted by atomic mass is 35.5. The third-order valence-electron chi connectivity index (χ3n) is 5.04. The Morgan fingerprint density at radius 3 is 3.11 bits per heavy atom. The number of nitrogens with zero attached hydrogens (tertiary/aromatic N) is 3. The highest BCUT2D eigenvalue weighted by Gasteiger charge is 2.23. The number of amides is 1. The number of halogens is 1. The van der Waals surface area contributed by atoms with E-state index in [1.807, 2.05) is 37.4 Å². The standard InChI is InChI=1S/C20H23ClN6O/c1-13-4-5-14(9-17(13)21)23-10-18(28)26-15-3-2-8-27(11-15)20-16-6-7-22-19(16)24-12-25-20/h4-7,9,12,15,23H,2-3,8,10-11H2,1H3,(H,26,28)(H,22,24,25)/t15-/m1/s1. The first-order valence-electron chi connectivity index (χ1n) is 9.42. The van der Waals surface area contributed by atoms with Crippen LogP contribution in [0.5, 0.6) is 0 Å². The molecule has 0 radical (unpaired) electrons. The van der Waals surface area contributed by atoms with Crippen LogP contribution in [-0.2, 0) is 4.79 Å². The van der Waals surface area contributed by atoms with Gasteiger partial charge in [0.05, 0.1) is 11.9 Å². The molecule has 0 saturated carbocycles. The summed E-state index contributed by atoms with van der Waals surface area (Å²) in [5.41, 5.74) is 2.68. The van der Waals surface area contributed by atoms with E-state index >= 15 is 0 Å². The second-order valence-corrected chi connectivity index (χ2v) is 7.51. The molecule has 146 valence electrons. The average Bonchev–Trinajstić information content (AvgIpc) is 3.18. The van der Waals surface area contributed by atoms with Gasteiger partial charge in [-0.05, 0) is 43.5 Å². The Hall–Kier alpha value is -2.80. The van der Waals surface area contributed by atoms with E-state index in [4.69, 9.17) is 11.6 Å². The third kappa shape index (κ3) is 4.04. The van der Waals surface area contributed by atoms with Crippen LogP contribution in [0.4, 0.5) is 11.5 Å². The lowest BCUT2D eigenvalue weighted by atomic mass is 10.1. The van der Waals surface area contributed by atoms with E-state index in [9.17, 15) is 4.79 Å². The van der Waals surface area contributed by atoms with Crippen LogP contribution < -0.4 is 15.5 Å². The lowest BCUT2D eigenvalue weighted by Gasteiger charge is -2.34. The zero-order valence-electron chi connectivity index (χ0n) is 15.7. The van der Waals surface area contributed by atoms with Gasteiger partial charge in [0.15, 0.2) is 0 Å². The summed E-state index contributed by atoms with van der Waals surface area (Å²) in [6, 6.07) is 7.78. The summed E-state index contributed by atoms with van der Waals surface area (Å²) in [4.78, 5) is 26.4. The van der Waals surface area contributed by atoms with Crippen LogP contribution in [0.2, 0.25) is 5.02 Å². The van der Waals surface area contributed by atoms with Crippen molar-refractivity contribution in [2.45, 2.75) is 25.8 Å². The van der Waals surface area contributed by atoms with Crippen molar-refractivity contribution in [2.75, 3.05) is 29.9 Å². The maximum Gasteiger partial charge on any atom is 0.239 e. The molecule has 3 heterocycles. The Bertz CT molecular complexity index is 988. The van der Waals surface area contributed by atoms with Crippen LogP contribution in [0.1, 0.15) is 18.4 Å². The predicted molar refractivity (Wildman–Crippen MR) is 112 cm³/mol. The summed E-state index contributed by atoms with van der Waals surface area (Å²) in [7, 11) is 0. The molecule has 4 rings (SSSR count). The first-order chi connectivity index (χ1) is 13.6. The lowest BCUT2D eigenvalue weighted by Crippen LogP contribution is -2.49. The number of hydrogen-bond donors (Lipinski definition) is 3. The lowest BCUT2D eigenvalue weighted by molar-refractivity contribution is -0.120. The fourth-order valence-electron chi connectivity index (χ4n) is 3.56. The van der Waals surface area contributed by atoms with Crippen molar-refractivity contribution in [3.05, 3.63) is 47.4 Å². The highest BCUT2D eigenvalue weighted by Crippen LogP contribution is 2.25. The number of rotatable bonds is 5. The molecule has 1 aromatic carbocycles.